The first-order valence-electron chi connectivity index (χ1n) is 4.80. The zero-order chi connectivity index (χ0) is 13.1. The fraction of sp³-hybridized carbons (Fsp3) is 0.625. The molecule has 0 aliphatic rings. The number of hydrogen-bond donors (Lipinski definition) is 1. The Kier molecular flexibility index (Phi) is 4.28. The maximum Gasteiger partial charge on any atom is 0.215 e. The van der Waals surface area contributed by atoms with E-state index in [1.54, 1.807) is 6.20 Å². The third-order valence-electron chi connectivity index (χ3n) is 2.15. The van der Waals surface area contributed by atoms with Gasteiger partial charge in [-0.05, 0) is 0 Å². The first kappa shape index (κ1) is 14.1. The van der Waals surface area contributed by atoms with E-state index < -0.39 is 25.6 Å². The number of nitrogens with one attached hydrogen (secondary N) is 1. The second-order valence-corrected chi connectivity index (χ2v) is 8.26. The summed E-state index contributed by atoms with van der Waals surface area (Å²) in [6, 6.07) is 0. The van der Waals surface area contributed by atoms with Crippen molar-refractivity contribution in [2.24, 2.45) is 0 Å². The van der Waals surface area contributed by atoms with Crippen molar-refractivity contribution >= 4 is 19.9 Å². The molecule has 0 atom stereocenters. The molecule has 0 saturated carbocycles. The molecule has 1 N–H and O–H groups in total. The molecule has 0 unspecified atom stereocenters. The van der Waals surface area contributed by atoms with Gasteiger partial charge < -0.3 is 0 Å². The quantitative estimate of drug-likeness (QED) is 0.737. The zero-order valence-electron chi connectivity index (χ0n) is 9.62. The first-order valence-corrected chi connectivity index (χ1v) is 8.47. The maximum absolute atomic E-state index is 11.7. The average molecular weight is 281 g/mol. The van der Waals surface area contributed by atoms with Crippen LogP contribution in [-0.4, -0.2) is 56.1 Å². The minimum atomic E-state index is -3.56. The van der Waals surface area contributed by atoms with Crippen LogP contribution in [0.3, 0.4) is 0 Å². The van der Waals surface area contributed by atoms with E-state index in [0.29, 0.717) is 0 Å². The normalized spacial score (nSPS) is 13.1. The van der Waals surface area contributed by atoms with Crippen molar-refractivity contribution < 1.29 is 16.8 Å². The Morgan fingerprint density at radius 1 is 1.29 bits per heavy atom. The third-order valence-corrected chi connectivity index (χ3v) is 5.15. The Hall–Kier alpha value is -0.930. The average Bonchev–Trinajstić information content (AvgIpc) is 2.66. The molecule has 0 aromatic carbocycles. The summed E-state index contributed by atoms with van der Waals surface area (Å²) in [5.74, 6) is -0.773. The maximum atomic E-state index is 11.7. The lowest BCUT2D eigenvalue weighted by atomic mass is 10.4. The summed E-state index contributed by atoms with van der Waals surface area (Å²) in [7, 11) is -5.43. The van der Waals surface area contributed by atoms with Crippen LogP contribution in [0.4, 0.5) is 0 Å². The first-order chi connectivity index (χ1) is 7.71. The molecule has 0 aliphatic heterocycles. The summed E-state index contributed by atoms with van der Waals surface area (Å²) in [6.45, 7) is 0.169. The van der Waals surface area contributed by atoms with Crippen molar-refractivity contribution in [2.75, 3.05) is 24.8 Å². The van der Waals surface area contributed by atoms with Crippen molar-refractivity contribution in [1.82, 2.24) is 14.5 Å². The van der Waals surface area contributed by atoms with Crippen molar-refractivity contribution in [1.29, 1.82) is 0 Å². The Morgan fingerprint density at radius 2 is 1.94 bits per heavy atom. The van der Waals surface area contributed by atoms with E-state index in [2.05, 4.69) is 10.2 Å². The molecular weight excluding hydrogens is 266 g/mol. The standard InChI is InChI=1S/C8H15N3O4S2/c1-11(7-8-5-9-10-6-8)17(14,15)4-3-16(2,12)13/h5-6H,3-4,7H2,1-2H3,(H,9,10). The highest BCUT2D eigenvalue weighted by Gasteiger charge is 2.20. The summed E-state index contributed by atoms with van der Waals surface area (Å²) in [5, 5.41) is 6.28. The van der Waals surface area contributed by atoms with Crippen molar-refractivity contribution in [2.45, 2.75) is 6.54 Å². The summed E-state index contributed by atoms with van der Waals surface area (Å²) in [5.41, 5.74) is 0.718. The molecule has 9 heteroatoms. The van der Waals surface area contributed by atoms with Gasteiger partial charge in [-0.2, -0.15) is 5.10 Å². The van der Waals surface area contributed by atoms with E-state index in [0.717, 1.165) is 16.1 Å². The van der Waals surface area contributed by atoms with Gasteiger partial charge in [0.25, 0.3) is 0 Å². The highest BCUT2D eigenvalue weighted by molar-refractivity contribution is 7.93. The second-order valence-electron chi connectivity index (χ2n) is 3.81. The lowest BCUT2D eigenvalue weighted by Gasteiger charge is -2.15. The number of rotatable bonds is 6. The Morgan fingerprint density at radius 3 is 2.41 bits per heavy atom. The van der Waals surface area contributed by atoms with Crippen molar-refractivity contribution in [3.05, 3.63) is 18.0 Å². The van der Waals surface area contributed by atoms with Crippen LogP contribution < -0.4 is 0 Å². The summed E-state index contributed by atoms with van der Waals surface area (Å²) in [6.07, 6.45) is 4.11. The van der Waals surface area contributed by atoms with Crippen LogP contribution in [0, 0.1) is 0 Å². The zero-order valence-corrected chi connectivity index (χ0v) is 11.3. The van der Waals surface area contributed by atoms with E-state index >= 15 is 0 Å². The minimum Gasteiger partial charge on any atom is -0.285 e. The number of nitrogens with zero attached hydrogens (tertiary/aromatic N) is 2. The lowest BCUT2D eigenvalue weighted by Crippen LogP contribution is -2.31. The van der Waals surface area contributed by atoms with E-state index in [1.165, 1.54) is 13.2 Å². The Balaban J connectivity index is 2.64. The fourth-order valence-electron chi connectivity index (χ4n) is 1.13. The van der Waals surface area contributed by atoms with Gasteiger partial charge in [0, 0.05) is 31.6 Å². The van der Waals surface area contributed by atoms with Crippen LogP contribution in [-0.2, 0) is 26.4 Å². The largest absolute Gasteiger partial charge is 0.285 e. The molecule has 0 fully saturated rings. The molecule has 1 rings (SSSR count). The van der Waals surface area contributed by atoms with Gasteiger partial charge in [0.05, 0.1) is 17.7 Å². The molecule has 0 aliphatic carbocycles. The van der Waals surface area contributed by atoms with Gasteiger partial charge >= 0.3 is 0 Å². The molecular formula is C8H15N3O4S2. The van der Waals surface area contributed by atoms with Crippen LogP contribution in [0.25, 0.3) is 0 Å². The highest BCUT2D eigenvalue weighted by Crippen LogP contribution is 2.06. The molecule has 17 heavy (non-hydrogen) atoms. The van der Waals surface area contributed by atoms with Gasteiger partial charge in [0.2, 0.25) is 10.0 Å². The van der Waals surface area contributed by atoms with Crippen LogP contribution in [0.15, 0.2) is 12.4 Å². The molecule has 1 aromatic rings. The minimum absolute atomic E-state index is 0.169. The number of aromatic amines is 1. The van der Waals surface area contributed by atoms with E-state index in [-0.39, 0.29) is 12.3 Å². The topological polar surface area (TPSA) is 100 Å². The van der Waals surface area contributed by atoms with Gasteiger partial charge in [-0.15, -0.1) is 0 Å². The van der Waals surface area contributed by atoms with Crippen LogP contribution in [0.1, 0.15) is 5.56 Å². The van der Waals surface area contributed by atoms with E-state index in [9.17, 15) is 16.8 Å². The molecule has 0 saturated heterocycles. The summed E-state index contributed by atoms with van der Waals surface area (Å²) in [4.78, 5) is 0. The predicted molar refractivity (Wildman–Crippen MR) is 63.6 cm³/mol. The van der Waals surface area contributed by atoms with Crippen LogP contribution >= 0.6 is 0 Å². The predicted octanol–water partition coefficient (Wildman–Crippen LogP) is -0.784. The number of sulfone groups is 1. The van der Waals surface area contributed by atoms with Crippen molar-refractivity contribution in [3.63, 3.8) is 0 Å². The molecule has 0 radical (unpaired) electrons. The van der Waals surface area contributed by atoms with E-state index in [1.807, 2.05) is 0 Å². The Labute approximate surface area is 101 Å². The van der Waals surface area contributed by atoms with Gasteiger partial charge in [0.1, 0.15) is 9.84 Å². The number of hydrogen-bond acceptors (Lipinski definition) is 5. The summed E-state index contributed by atoms with van der Waals surface area (Å²) >= 11 is 0. The number of aromatic nitrogens is 2. The third kappa shape index (κ3) is 4.84. The van der Waals surface area contributed by atoms with Crippen LogP contribution in [0.5, 0.6) is 0 Å². The summed E-state index contributed by atoms with van der Waals surface area (Å²) < 4.78 is 46.4. The van der Waals surface area contributed by atoms with Crippen molar-refractivity contribution in [3.8, 4) is 0 Å². The number of H-pyrrole nitrogens is 1. The molecule has 7 nitrogen and oxygen atoms in total. The molecule has 1 heterocycles. The SMILES string of the molecule is CN(Cc1cn[nH]c1)S(=O)(=O)CCS(C)(=O)=O. The smallest absolute Gasteiger partial charge is 0.215 e. The fourth-order valence-corrected chi connectivity index (χ4v) is 3.84. The monoisotopic (exact) mass is 281 g/mol. The van der Waals surface area contributed by atoms with Crippen LogP contribution in [0.2, 0.25) is 0 Å². The second kappa shape index (κ2) is 5.15. The Bertz CT molecular complexity index is 548. The van der Waals surface area contributed by atoms with Gasteiger partial charge in [-0.3, -0.25) is 5.10 Å². The lowest BCUT2D eigenvalue weighted by molar-refractivity contribution is 0.467. The molecule has 1 aromatic heterocycles. The number of sulfonamides is 1. The highest BCUT2D eigenvalue weighted by atomic mass is 32.2. The molecule has 98 valence electrons. The van der Waals surface area contributed by atoms with Gasteiger partial charge in [-0.25, -0.2) is 21.1 Å². The molecule has 0 amide bonds. The van der Waals surface area contributed by atoms with Gasteiger partial charge in [-0.1, -0.05) is 0 Å². The molecule has 0 bridgehead atoms. The molecule has 0 spiro atoms. The van der Waals surface area contributed by atoms with E-state index in [4.69, 9.17) is 0 Å². The van der Waals surface area contributed by atoms with Gasteiger partial charge in [0.15, 0.2) is 0 Å².